The number of hydrogen-bond acceptors (Lipinski definition) is 2. The van der Waals surface area contributed by atoms with Crippen molar-refractivity contribution in [1.29, 1.82) is 5.26 Å². The maximum atomic E-state index is 12.6. The van der Waals surface area contributed by atoms with E-state index in [0.717, 1.165) is 31.4 Å². The number of carbonyl (C=O) groups is 1. The minimum Gasteiger partial charge on any atom is -0.350 e. The van der Waals surface area contributed by atoms with Crippen molar-refractivity contribution in [2.75, 3.05) is 5.32 Å². The van der Waals surface area contributed by atoms with E-state index in [1.165, 1.54) is 53.3 Å². The molecule has 4 nitrogen and oxygen atoms in total. The van der Waals surface area contributed by atoms with Crippen LogP contribution >= 0.6 is 0 Å². The van der Waals surface area contributed by atoms with Crippen molar-refractivity contribution in [2.45, 2.75) is 113 Å². The highest BCUT2D eigenvalue weighted by Gasteiger charge is 2.17. The summed E-state index contributed by atoms with van der Waals surface area (Å²) >= 11 is 0. The highest BCUT2D eigenvalue weighted by molar-refractivity contribution is 6.05. The Bertz CT molecular complexity index is 1420. The molecular weight excluding hydrogens is 550 g/mol. The van der Waals surface area contributed by atoms with E-state index in [1.54, 1.807) is 24.3 Å². The van der Waals surface area contributed by atoms with Gasteiger partial charge in [0.05, 0.1) is 11.6 Å². The molecule has 0 aliphatic rings. The maximum Gasteiger partial charge on any atom is 0.255 e. The van der Waals surface area contributed by atoms with Crippen LogP contribution in [0.2, 0.25) is 0 Å². The molecule has 1 aromatic heterocycles. The van der Waals surface area contributed by atoms with Crippen LogP contribution in [0.5, 0.6) is 0 Å². The number of anilines is 1. The Balaban J connectivity index is 0.000000495. The van der Waals surface area contributed by atoms with Gasteiger partial charge in [-0.25, -0.2) is 0 Å². The molecule has 1 N–H and O–H groups in total. The molecule has 2 aromatic carbocycles. The van der Waals surface area contributed by atoms with E-state index >= 15 is 0 Å². The molecule has 0 unspecified atom stereocenters. The monoisotopic (exact) mass is 609 g/mol. The number of amides is 1. The van der Waals surface area contributed by atoms with Crippen molar-refractivity contribution in [3.05, 3.63) is 101 Å². The van der Waals surface area contributed by atoms with E-state index < -0.39 is 0 Å². The fourth-order valence-electron chi connectivity index (χ4n) is 4.97. The van der Waals surface area contributed by atoms with Crippen molar-refractivity contribution < 1.29 is 4.79 Å². The van der Waals surface area contributed by atoms with E-state index in [2.05, 4.69) is 115 Å². The smallest absolute Gasteiger partial charge is 0.255 e. The summed E-state index contributed by atoms with van der Waals surface area (Å²) < 4.78 is 2.17. The first-order valence-corrected chi connectivity index (χ1v) is 17.0. The minimum atomic E-state index is -0.201. The molecule has 4 heteroatoms. The number of aromatic nitrogens is 1. The summed E-state index contributed by atoms with van der Waals surface area (Å²) in [5.74, 6) is 1.00. The van der Waals surface area contributed by atoms with Gasteiger partial charge in [0.1, 0.15) is 0 Å². The molecule has 0 saturated heterocycles. The fourth-order valence-corrected chi connectivity index (χ4v) is 4.97. The number of unbranched alkanes of at least 4 members (excludes halogenated alkanes) is 1. The number of benzene rings is 2. The zero-order valence-corrected chi connectivity index (χ0v) is 29.7. The first kappa shape index (κ1) is 39.2. The fraction of sp³-hybridized carbons (Fsp3) is 0.463. The van der Waals surface area contributed by atoms with Crippen LogP contribution in [0.3, 0.4) is 0 Å². The van der Waals surface area contributed by atoms with Gasteiger partial charge in [-0.2, -0.15) is 5.26 Å². The lowest BCUT2D eigenvalue weighted by molar-refractivity contribution is 0.102. The van der Waals surface area contributed by atoms with Gasteiger partial charge in [0.2, 0.25) is 0 Å². The second-order valence-electron chi connectivity index (χ2n) is 12.1. The summed E-state index contributed by atoms with van der Waals surface area (Å²) in [5.41, 5.74) is 7.03. The van der Waals surface area contributed by atoms with Crippen LogP contribution in [-0.2, 0) is 7.05 Å². The van der Waals surface area contributed by atoms with Gasteiger partial charge in [0.15, 0.2) is 0 Å². The highest BCUT2D eigenvalue weighted by Crippen LogP contribution is 2.34. The molecule has 1 amide bonds. The van der Waals surface area contributed by atoms with E-state index in [0.29, 0.717) is 23.0 Å². The summed E-state index contributed by atoms with van der Waals surface area (Å²) in [7, 11) is 2.08. The minimum absolute atomic E-state index is 0.201. The molecule has 0 aliphatic carbocycles. The first-order valence-electron chi connectivity index (χ1n) is 17.0. The van der Waals surface area contributed by atoms with E-state index in [1.807, 2.05) is 13.0 Å². The lowest BCUT2D eigenvalue weighted by atomic mass is 9.90. The number of allylic oxidation sites excluding steroid dienone is 5. The quantitative estimate of drug-likeness (QED) is 0.155. The van der Waals surface area contributed by atoms with Gasteiger partial charge in [0.25, 0.3) is 5.91 Å². The molecule has 0 bridgehead atoms. The van der Waals surface area contributed by atoms with E-state index in [4.69, 9.17) is 5.26 Å². The summed E-state index contributed by atoms with van der Waals surface area (Å²) in [5, 5.41) is 13.2. The Morgan fingerprint density at radius 2 is 1.69 bits per heavy atom. The third kappa shape index (κ3) is 13.8. The molecule has 1 heterocycles. The number of rotatable bonds is 13. The van der Waals surface area contributed by atoms with Gasteiger partial charge in [0, 0.05) is 35.4 Å². The lowest BCUT2D eigenvalue weighted by Gasteiger charge is -2.15. The lowest BCUT2D eigenvalue weighted by Crippen LogP contribution is -2.12. The first-order chi connectivity index (χ1) is 21.6. The van der Waals surface area contributed by atoms with Crippen LogP contribution in [0.15, 0.2) is 84.6 Å². The highest BCUT2D eigenvalue weighted by atomic mass is 16.1. The molecule has 244 valence electrons. The van der Waals surface area contributed by atoms with Gasteiger partial charge in [-0.1, -0.05) is 97.6 Å². The van der Waals surface area contributed by atoms with Gasteiger partial charge >= 0.3 is 0 Å². The number of hydrogen-bond donors (Lipinski definition) is 1. The van der Waals surface area contributed by atoms with Crippen LogP contribution in [0.4, 0.5) is 5.69 Å². The molecule has 3 rings (SSSR count). The van der Waals surface area contributed by atoms with E-state index in [-0.39, 0.29) is 5.91 Å². The van der Waals surface area contributed by atoms with Crippen molar-refractivity contribution >= 4 is 22.5 Å². The van der Waals surface area contributed by atoms with Gasteiger partial charge < -0.3 is 9.88 Å². The van der Waals surface area contributed by atoms with Gasteiger partial charge in [-0.3, -0.25) is 4.79 Å². The van der Waals surface area contributed by atoms with Crippen LogP contribution in [-0.4, -0.2) is 10.5 Å². The number of carbonyl (C=O) groups excluding carboxylic acids is 1. The molecule has 0 spiro atoms. The molecule has 0 aliphatic heterocycles. The van der Waals surface area contributed by atoms with Gasteiger partial charge in [-0.05, 0) is 98.4 Å². The third-order valence-electron chi connectivity index (χ3n) is 7.73. The molecule has 0 saturated carbocycles. The second-order valence-corrected chi connectivity index (χ2v) is 12.1. The molecule has 45 heavy (non-hydrogen) atoms. The molecule has 0 fully saturated rings. The largest absolute Gasteiger partial charge is 0.350 e. The number of nitriles is 1. The van der Waals surface area contributed by atoms with Crippen LogP contribution in [0, 0.1) is 17.2 Å². The topological polar surface area (TPSA) is 57.8 Å². The number of nitrogens with zero attached hydrogens (tertiary/aromatic N) is 2. The average Bonchev–Trinajstić information content (AvgIpc) is 3.36. The Morgan fingerprint density at radius 3 is 2.22 bits per heavy atom. The van der Waals surface area contributed by atoms with Gasteiger partial charge in [-0.15, -0.1) is 6.58 Å². The number of nitrogens with one attached hydrogen (secondary N) is 1. The van der Waals surface area contributed by atoms with Crippen molar-refractivity contribution in [1.82, 2.24) is 4.57 Å². The SMILES string of the molecule is C=C(C)CC.CC/C=C/C(=C\CCC)C(C)C.CCCC(CCC)c1cn(C)c2ccc(NC(=O)c3cccc(C#N)c3)cc12. The Labute approximate surface area is 274 Å². The van der Waals surface area contributed by atoms with E-state index in [9.17, 15) is 4.79 Å². The normalized spacial score (nSPS) is 11.2. The summed E-state index contributed by atoms with van der Waals surface area (Å²) in [4.78, 5) is 12.6. The predicted octanol–water partition coefficient (Wildman–Crippen LogP) is 12.3. The zero-order chi connectivity index (χ0) is 33.8. The number of fused-ring (bicyclic) bond motifs is 1. The summed E-state index contributed by atoms with van der Waals surface area (Å²) in [6, 6.07) is 14.9. The Kier molecular flexibility index (Phi) is 19.0. The molecule has 3 aromatic rings. The summed E-state index contributed by atoms with van der Waals surface area (Å²) in [6.07, 6.45) is 18.5. The molecule has 0 radical (unpaired) electrons. The standard InChI is InChI=1S/C24H27N3O.C12H22.C5H10/c1-4-7-18(8-5-2)22-16-27(3)23-12-11-20(14-21(22)23)26-24(28)19-10-6-9-17(13-19)15-25;1-5-7-9-12(11(3)4)10-8-6-2;1-4-5(2)3/h6,9-14,16,18H,4-5,7-8H2,1-3H3,(H,26,28);7,9-11H,5-6,8H2,1-4H3;2,4H2,1,3H3/b;9-7+,12-10+;. The van der Waals surface area contributed by atoms with Crippen molar-refractivity contribution in [3.63, 3.8) is 0 Å². The van der Waals surface area contributed by atoms with Crippen molar-refractivity contribution in [2.24, 2.45) is 13.0 Å². The molecule has 0 atom stereocenters. The van der Waals surface area contributed by atoms with Crippen molar-refractivity contribution in [3.8, 4) is 6.07 Å². The van der Waals surface area contributed by atoms with Crippen LogP contribution in [0.1, 0.15) is 134 Å². The second kappa shape index (κ2) is 21.8. The average molecular weight is 610 g/mol. The van der Waals surface area contributed by atoms with Crippen LogP contribution < -0.4 is 5.32 Å². The Morgan fingerprint density at radius 1 is 1.02 bits per heavy atom. The number of aryl methyl sites for hydroxylation is 1. The third-order valence-corrected chi connectivity index (χ3v) is 7.73. The maximum absolute atomic E-state index is 12.6. The zero-order valence-electron chi connectivity index (χ0n) is 29.7. The predicted molar refractivity (Wildman–Crippen MR) is 197 cm³/mol. The Hall–Kier alpha value is -3.84. The summed E-state index contributed by atoms with van der Waals surface area (Å²) in [6.45, 7) is 21.2. The van der Waals surface area contributed by atoms with Crippen LogP contribution in [0.25, 0.3) is 10.9 Å². The molecular formula is C41H59N3O.